The van der Waals surface area contributed by atoms with E-state index in [2.05, 4.69) is 6.58 Å². The molecule has 0 bridgehead atoms. The molecule has 29 heavy (non-hydrogen) atoms. The van der Waals surface area contributed by atoms with Crippen LogP contribution in [-0.2, 0) is 4.79 Å². The molecule has 0 unspecified atom stereocenters. The van der Waals surface area contributed by atoms with Crippen molar-refractivity contribution in [3.8, 4) is 5.75 Å². The van der Waals surface area contributed by atoms with E-state index in [9.17, 15) is 4.79 Å². The lowest BCUT2D eigenvalue weighted by atomic mass is 10.2. The van der Waals surface area contributed by atoms with E-state index in [4.69, 9.17) is 9.73 Å². The molecule has 1 fully saturated rings. The van der Waals surface area contributed by atoms with Crippen LogP contribution < -0.4 is 9.64 Å². The number of amides is 1. The minimum Gasteiger partial charge on any atom is -0.497 e. The first-order valence-corrected chi connectivity index (χ1v) is 10.7. The van der Waals surface area contributed by atoms with Crippen molar-refractivity contribution in [1.29, 1.82) is 0 Å². The van der Waals surface area contributed by atoms with Crippen molar-refractivity contribution in [2.45, 2.75) is 11.8 Å². The first-order valence-electron chi connectivity index (χ1n) is 9.11. The summed E-state index contributed by atoms with van der Waals surface area (Å²) in [6.07, 6.45) is 1.73. The zero-order valence-corrected chi connectivity index (χ0v) is 18.1. The lowest BCUT2D eigenvalue weighted by Gasteiger charge is -2.15. The predicted octanol–water partition coefficient (Wildman–Crippen LogP) is 5.16. The van der Waals surface area contributed by atoms with Crippen molar-refractivity contribution < 1.29 is 9.53 Å². The summed E-state index contributed by atoms with van der Waals surface area (Å²) < 4.78 is 5.35. The van der Waals surface area contributed by atoms with E-state index in [1.54, 1.807) is 29.8 Å². The molecular weight excluding hydrogens is 402 g/mol. The number of anilines is 1. The number of hydrogen-bond acceptors (Lipinski definition) is 6. The maximum Gasteiger partial charge on any atom is 0.269 e. The zero-order chi connectivity index (χ0) is 20.5. The molecule has 2 heterocycles. The summed E-state index contributed by atoms with van der Waals surface area (Å²) in [6, 6.07) is 13.9. The molecule has 0 N–H and O–H groups in total. The minimum absolute atomic E-state index is 0.0459. The Bertz CT molecular complexity index is 1060. The van der Waals surface area contributed by atoms with Gasteiger partial charge < -0.3 is 9.64 Å². The van der Waals surface area contributed by atoms with Gasteiger partial charge in [-0.2, -0.15) is 0 Å². The van der Waals surface area contributed by atoms with Crippen LogP contribution in [0.25, 0.3) is 0 Å². The van der Waals surface area contributed by atoms with Gasteiger partial charge in [-0.3, -0.25) is 9.69 Å². The highest BCUT2D eigenvalue weighted by Gasteiger charge is 2.38. The van der Waals surface area contributed by atoms with Gasteiger partial charge in [0.2, 0.25) is 0 Å². The molecule has 2 aliphatic heterocycles. The Labute approximate surface area is 179 Å². The number of carbonyl (C=O) groups excluding carboxylic acids is 1. The summed E-state index contributed by atoms with van der Waals surface area (Å²) in [7, 11) is 3.63. The van der Waals surface area contributed by atoms with Gasteiger partial charge in [-0.15, -0.1) is 6.58 Å². The lowest BCUT2D eigenvalue weighted by Crippen LogP contribution is -2.29. The molecule has 1 amide bonds. The Morgan fingerprint density at radius 1 is 1.21 bits per heavy atom. The molecule has 0 saturated carbocycles. The number of carbonyl (C=O) groups is 1. The third-order valence-electron chi connectivity index (χ3n) is 4.63. The van der Waals surface area contributed by atoms with E-state index in [0.717, 1.165) is 32.6 Å². The van der Waals surface area contributed by atoms with Crippen molar-refractivity contribution in [2.75, 3.05) is 25.6 Å². The Hall–Kier alpha value is -2.64. The standard InChI is InChI=1S/C22H21N3O2S2/c1-5-11-25-20(26)19(29-22(25)23-15-8-6-7-14(2)12-15)21-24(3)17-13-16(27-4)9-10-18(17)28-21/h5-10,12-13H,1,11H2,2-4H3. The van der Waals surface area contributed by atoms with E-state index in [1.165, 1.54) is 11.8 Å². The SMILES string of the molecule is C=CCN1C(=O)C(=C2Sc3ccc(OC)cc3N2C)SC1=Nc1cccc(C)c1. The zero-order valence-electron chi connectivity index (χ0n) is 16.5. The van der Waals surface area contributed by atoms with Gasteiger partial charge in [0.25, 0.3) is 5.91 Å². The minimum atomic E-state index is -0.0459. The maximum atomic E-state index is 13.2. The Balaban J connectivity index is 1.73. The average molecular weight is 424 g/mol. The number of ether oxygens (including phenoxy) is 1. The third kappa shape index (κ3) is 3.68. The number of nitrogens with zero attached hydrogens (tertiary/aromatic N) is 3. The predicted molar refractivity (Wildman–Crippen MR) is 122 cm³/mol. The van der Waals surface area contributed by atoms with Gasteiger partial charge in [0.05, 0.1) is 23.5 Å². The maximum absolute atomic E-state index is 13.2. The molecule has 5 nitrogen and oxygen atoms in total. The Kier molecular flexibility index (Phi) is 5.43. The van der Waals surface area contributed by atoms with Gasteiger partial charge in [-0.25, -0.2) is 4.99 Å². The van der Waals surface area contributed by atoms with Gasteiger partial charge in [-0.05, 0) is 48.5 Å². The summed E-state index contributed by atoms with van der Waals surface area (Å²) in [5.41, 5.74) is 3.00. The van der Waals surface area contributed by atoms with Crippen LogP contribution in [0.3, 0.4) is 0 Å². The molecule has 1 saturated heterocycles. The van der Waals surface area contributed by atoms with Crippen LogP contribution >= 0.6 is 23.5 Å². The van der Waals surface area contributed by atoms with E-state index >= 15 is 0 Å². The number of benzene rings is 2. The quantitative estimate of drug-likeness (QED) is 0.502. The highest BCUT2D eigenvalue weighted by Crippen LogP contribution is 2.51. The number of thioether (sulfide) groups is 2. The summed E-state index contributed by atoms with van der Waals surface area (Å²) in [5, 5.41) is 1.58. The molecule has 4 rings (SSSR count). The second kappa shape index (κ2) is 8.00. The van der Waals surface area contributed by atoms with Crippen molar-refractivity contribution in [3.63, 3.8) is 0 Å². The smallest absolute Gasteiger partial charge is 0.269 e. The fourth-order valence-corrected chi connectivity index (χ4v) is 5.50. The van der Waals surface area contributed by atoms with Crippen molar-refractivity contribution in [3.05, 3.63) is 70.6 Å². The van der Waals surface area contributed by atoms with Crippen LogP contribution in [0.5, 0.6) is 5.75 Å². The number of fused-ring (bicyclic) bond motifs is 1. The van der Waals surface area contributed by atoms with Gasteiger partial charge in [-0.1, -0.05) is 30.0 Å². The number of aryl methyl sites for hydroxylation is 1. The van der Waals surface area contributed by atoms with Crippen molar-refractivity contribution in [1.82, 2.24) is 4.90 Å². The number of methoxy groups -OCH3 is 1. The van der Waals surface area contributed by atoms with Gasteiger partial charge >= 0.3 is 0 Å². The van der Waals surface area contributed by atoms with Crippen LogP contribution in [0.4, 0.5) is 11.4 Å². The summed E-state index contributed by atoms with van der Waals surface area (Å²) in [4.78, 5) is 23.5. The Morgan fingerprint density at radius 3 is 2.76 bits per heavy atom. The van der Waals surface area contributed by atoms with Crippen LogP contribution in [0.1, 0.15) is 5.56 Å². The summed E-state index contributed by atoms with van der Waals surface area (Å²) >= 11 is 3.01. The van der Waals surface area contributed by atoms with Crippen LogP contribution in [0, 0.1) is 6.92 Å². The third-order valence-corrected chi connectivity index (χ3v) is 7.07. The molecule has 0 aliphatic carbocycles. The van der Waals surface area contributed by atoms with Gasteiger partial charge in [0, 0.05) is 24.6 Å². The topological polar surface area (TPSA) is 45.1 Å². The molecule has 0 radical (unpaired) electrons. The average Bonchev–Trinajstić information content (AvgIpc) is 3.19. The fourth-order valence-electron chi connectivity index (χ4n) is 3.17. The monoisotopic (exact) mass is 423 g/mol. The second-order valence-electron chi connectivity index (χ2n) is 6.67. The number of hydrogen-bond donors (Lipinski definition) is 0. The molecule has 0 atom stereocenters. The highest BCUT2D eigenvalue weighted by molar-refractivity contribution is 8.19. The van der Waals surface area contributed by atoms with E-state index in [-0.39, 0.29) is 5.91 Å². The van der Waals surface area contributed by atoms with Crippen molar-refractivity contribution >= 4 is 46.0 Å². The molecule has 2 aromatic rings. The number of amidine groups is 1. The summed E-state index contributed by atoms with van der Waals surface area (Å²) in [6.45, 7) is 6.25. The number of aliphatic imine (C=N–C) groups is 1. The molecule has 7 heteroatoms. The largest absolute Gasteiger partial charge is 0.497 e. The fraction of sp³-hybridized carbons (Fsp3) is 0.182. The van der Waals surface area contributed by atoms with E-state index in [0.29, 0.717) is 16.6 Å². The van der Waals surface area contributed by atoms with Gasteiger partial charge in [0.15, 0.2) is 5.17 Å². The summed E-state index contributed by atoms with van der Waals surface area (Å²) in [5.74, 6) is 0.748. The van der Waals surface area contributed by atoms with E-state index < -0.39 is 0 Å². The van der Waals surface area contributed by atoms with Crippen LogP contribution in [-0.4, -0.2) is 36.7 Å². The molecule has 2 aliphatic rings. The van der Waals surface area contributed by atoms with Crippen LogP contribution in [0.15, 0.2) is 74.9 Å². The molecule has 0 spiro atoms. The number of rotatable bonds is 4. The first kappa shape index (κ1) is 19.7. The van der Waals surface area contributed by atoms with Crippen LogP contribution in [0.2, 0.25) is 0 Å². The molecular formula is C22H21N3O2S2. The Morgan fingerprint density at radius 2 is 2.03 bits per heavy atom. The molecule has 148 valence electrons. The molecule has 2 aromatic carbocycles. The lowest BCUT2D eigenvalue weighted by molar-refractivity contribution is -0.121. The van der Waals surface area contributed by atoms with Gasteiger partial charge in [0.1, 0.15) is 10.7 Å². The normalized spacial score (nSPS) is 19.8. The highest BCUT2D eigenvalue weighted by atomic mass is 32.2. The first-order chi connectivity index (χ1) is 14.0. The molecule has 0 aromatic heterocycles. The second-order valence-corrected chi connectivity index (χ2v) is 8.68. The van der Waals surface area contributed by atoms with E-state index in [1.807, 2.05) is 61.3 Å². The van der Waals surface area contributed by atoms with Crippen molar-refractivity contribution in [2.24, 2.45) is 4.99 Å².